The van der Waals surface area contributed by atoms with Gasteiger partial charge in [-0.2, -0.15) is 0 Å². The second-order valence-electron chi connectivity index (χ2n) is 1.58. The summed E-state index contributed by atoms with van der Waals surface area (Å²) in [6, 6.07) is 0. The van der Waals surface area contributed by atoms with Gasteiger partial charge in [-0.25, -0.2) is 0 Å². The molecule has 0 amide bonds. The molecule has 0 atom stereocenters. The SMILES string of the molecule is O=NC1=CN=CCC1. The summed E-state index contributed by atoms with van der Waals surface area (Å²) in [5, 5.41) is 2.74. The van der Waals surface area contributed by atoms with Crippen LogP contribution in [0.4, 0.5) is 0 Å². The third kappa shape index (κ3) is 0.992. The van der Waals surface area contributed by atoms with Gasteiger partial charge in [0.25, 0.3) is 0 Å². The molecular weight excluding hydrogens is 104 g/mol. The zero-order chi connectivity index (χ0) is 5.82. The fourth-order valence-electron chi connectivity index (χ4n) is 0.559. The van der Waals surface area contributed by atoms with Gasteiger partial charge < -0.3 is 0 Å². The van der Waals surface area contributed by atoms with Gasteiger partial charge in [0.1, 0.15) is 5.70 Å². The van der Waals surface area contributed by atoms with Gasteiger partial charge in [-0.05, 0) is 18.0 Å². The zero-order valence-corrected chi connectivity index (χ0v) is 4.37. The van der Waals surface area contributed by atoms with Crippen LogP contribution in [0.1, 0.15) is 12.8 Å². The van der Waals surface area contributed by atoms with Crippen molar-refractivity contribution in [2.45, 2.75) is 12.8 Å². The van der Waals surface area contributed by atoms with Crippen LogP contribution in [0.2, 0.25) is 0 Å². The number of hydrogen-bond donors (Lipinski definition) is 0. The molecule has 0 bridgehead atoms. The first-order valence-corrected chi connectivity index (χ1v) is 2.47. The van der Waals surface area contributed by atoms with Gasteiger partial charge in [0, 0.05) is 6.21 Å². The van der Waals surface area contributed by atoms with Gasteiger partial charge in [-0.1, -0.05) is 0 Å². The quantitative estimate of drug-likeness (QED) is 0.471. The summed E-state index contributed by atoms with van der Waals surface area (Å²) in [4.78, 5) is 13.5. The van der Waals surface area contributed by atoms with Gasteiger partial charge in [0.15, 0.2) is 0 Å². The highest BCUT2D eigenvalue weighted by atomic mass is 16.3. The molecule has 0 fully saturated rings. The monoisotopic (exact) mass is 110 g/mol. The van der Waals surface area contributed by atoms with E-state index in [2.05, 4.69) is 10.2 Å². The average Bonchev–Trinajstić information content (AvgIpc) is 1.90. The fourth-order valence-corrected chi connectivity index (χ4v) is 0.559. The minimum atomic E-state index is 0.549. The van der Waals surface area contributed by atoms with Crippen molar-refractivity contribution in [3.8, 4) is 0 Å². The molecule has 1 aliphatic rings. The minimum absolute atomic E-state index is 0.549. The number of nitrogens with zero attached hydrogens (tertiary/aromatic N) is 2. The molecule has 0 unspecified atom stereocenters. The van der Waals surface area contributed by atoms with Crippen molar-refractivity contribution in [3.05, 3.63) is 16.8 Å². The van der Waals surface area contributed by atoms with Crippen molar-refractivity contribution in [3.63, 3.8) is 0 Å². The molecule has 0 aliphatic carbocycles. The highest BCUT2D eigenvalue weighted by Gasteiger charge is 1.96. The van der Waals surface area contributed by atoms with Crippen molar-refractivity contribution in [2.24, 2.45) is 10.2 Å². The molecule has 8 heavy (non-hydrogen) atoms. The van der Waals surface area contributed by atoms with Gasteiger partial charge in [0.2, 0.25) is 0 Å². The summed E-state index contributed by atoms with van der Waals surface area (Å²) >= 11 is 0. The lowest BCUT2D eigenvalue weighted by Gasteiger charge is -1.95. The number of allylic oxidation sites excluding steroid dienone is 1. The molecule has 1 aliphatic heterocycles. The maximum Gasteiger partial charge on any atom is 0.103 e. The first-order chi connectivity index (χ1) is 3.93. The van der Waals surface area contributed by atoms with Crippen molar-refractivity contribution in [1.82, 2.24) is 0 Å². The van der Waals surface area contributed by atoms with Crippen LogP contribution in [0, 0.1) is 4.91 Å². The Morgan fingerprint density at radius 3 is 3.00 bits per heavy atom. The van der Waals surface area contributed by atoms with Crippen LogP contribution in [-0.4, -0.2) is 6.21 Å². The first-order valence-electron chi connectivity index (χ1n) is 2.47. The summed E-state index contributed by atoms with van der Waals surface area (Å²) in [5.41, 5.74) is 0.549. The Morgan fingerprint density at radius 2 is 2.62 bits per heavy atom. The molecule has 0 radical (unpaired) electrons. The fraction of sp³-hybridized carbons (Fsp3) is 0.400. The largest absolute Gasteiger partial charge is 0.267 e. The summed E-state index contributed by atoms with van der Waals surface area (Å²) < 4.78 is 0. The van der Waals surface area contributed by atoms with Crippen LogP contribution in [0.25, 0.3) is 0 Å². The molecule has 42 valence electrons. The van der Waals surface area contributed by atoms with E-state index in [1.54, 1.807) is 6.21 Å². The summed E-state index contributed by atoms with van der Waals surface area (Å²) in [6.07, 6.45) is 4.86. The molecule has 0 saturated heterocycles. The summed E-state index contributed by atoms with van der Waals surface area (Å²) in [6.45, 7) is 0. The molecule has 1 heterocycles. The van der Waals surface area contributed by atoms with Gasteiger partial charge in [0.05, 0.1) is 6.20 Å². The summed E-state index contributed by atoms with van der Waals surface area (Å²) in [5.74, 6) is 0. The predicted molar refractivity (Wildman–Crippen MR) is 31.6 cm³/mol. The van der Waals surface area contributed by atoms with Gasteiger partial charge in [-0.15, -0.1) is 4.91 Å². The topological polar surface area (TPSA) is 41.8 Å². The van der Waals surface area contributed by atoms with Crippen LogP contribution in [0.15, 0.2) is 22.1 Å². The van der Waals surface area contributed by atoms with E-state index in [0.29, 0.717) is 5.70 Å². The lowest BCUT2D eigenvalue weighted by atomic mass is 10.2. The van der Waals surface area contributed by atoms with Crippen LogP contribution >= 0.6 is 0 Å². The number of aliphatic imine (C=N–C) groups is 1. The third-order valence-corrected chi connectivity index (χ3v) is 0.976. The van der Waals surface area contributed by atoms with Crippen molar-refractivity contribution in [2.75, 3.05) is 0 Å². The molecule has 3 nitrogen and oxygen atoms in total. The third-order valence-electron chi connectivity index (χ3n) is 0.976. The molecule has 0 aromatic heterocycles. The molecular formula is C5H6N2O. The Hall–Kier alpha value is -0.990. The predicted octanol–water partition coefficient (Wildman–Crippen LogP) is 1.46. The highest BCUT2D eigenvalue weighted by molar-refractivity contribution is 5.60. The van der Waals surface area contributed by atoms with E-state index in [4.69, 9.17) is 0 Å². The molecule has 3 heteroatoms. The maximum absolute atomic E-state index is 9.77. The highest BCUT2D eigenvalue weighted by Crippen LogP contribution is 2.08. The normalized spacial score (nSPS) is 17.8. The Balaban J connectivity index is 2.63. The van der Waals surface area contributed by atoms with E-state index < -0.39 is 0 Å². The summed E-state index contributed by atoms with van der Waals surface area (Å²) in [7, 11) is 0. The lowest BCUT2D eigenvalue weighted by molar-refractivity contribution is 0.968. The van der Waals surface area contributed by atoms with E-state index in [1.165, 1.54) is 6.20 Å². The smallest absolute Gasteiger partial charge is 0.103 e. The van der Waals surface area contributed by atoms with Crippen molar-refractivity contribution in [1.29, 1.82) is 0 Å². The van der Waals surface area contributed by atoms with Crippen molar-refractivity contribution >= 4 is 6.21 Å². The molecule has 0 aromatic carbocycles. The van der Waals surface area contributed by atoms with E-state index in [0.717, 1.165) is 12.8 Å². The lowest BCUT2D eigenvalue weighted by Crippen LogP contribution is -1.85. The number of rotatable bonds is 1. The maximum atomic E-state index is 9.77. The van der Waals surface area contributed by atoms with Gasteiger partial charge >= 0.3 is 0 Å². The van der Waals surface area contributed by atoms with Crippen LogP contribution < -0.4 is 0 Å². The second-order valence-corrected chi connectivity index (χ2v) is 1.58. The number of nitroso groups, excluding NO2 is 1. The molecule has 0 saturated carbocycles. The second kappa shape index (κ2) is 2.35. The first kappa shape index (κ1) is 5.15. The number of hydrogen-bond acceptors (Lipinski definition) is 3. The van der Waals surface area contributed by atoms with Crippen LogP contribution in [-0.2, 0) is 0 Å². The van der Waals surface area contributed by atoms with Crippen LogP contribution in [0.5, 0.6) is 0 Å². The minimum Gasteiger partial charge on any atom is -0.267 e. The Labute approximate surface area is 47.1 Å². The van der Waals surface area contributed by atoms with Gasteiger partial charge in [-0.3, -0.25) is 4.99 Å². The Morgan fingerprint density at radius 1 is 1.75 bits per heavy atom. The standard InChI is InChI=1S/C5H6N2O/c8-7-5-2-1-3-6-4-5/h3-4H,1-2H2. The van der Waals surface area contributed by atoms with Crippen LogP contribution in [0.3, 0.4) is 0 Å². The molecule has 0 spiro atoms. The van der Waals surface area contributed by atoms with E-state index >= 15 is 0 Å². The van der Waals surface area contributed by atoms with E-state index in [1.807, 2.05) is 0 Å². The molecule has 0 aromatic rings. The zero-order valence-electron chi connectivity index (χ0n) is 4.37. The Kier molecular flexibility index (Phi) is 1.51. The molecule has 0 N–H and O–H groups in total. The van der Waals surface area contributed by atoms with E-state index in [9.17, 15) is 4.91 Å². The Bertz CT molecular complexity index is 149. The average molecular weight is 110 g/mol. The molecule has 1 rings (SSSR count). The van der Waals surface area contributed by atoms with E-state index in [-0.39, 0.29) is 0 Å². The van der Waals surface area contributed by atoms with Crippen molar-refractivity contribution < 1.29 is 0 Å².